The molecule has 0 radical (unpaired) electrons. The van der Waals surface area contributed by atoms with Gasteiger partial charge in [0, 0.05) is 4.88 Å². The van der Waals surface area contributed by atoms with E-state index in [0.29, 0.717) is 30.6 Å². The predicted octanol–water partition coefficient (Wildman–Crippen LogP) is 5.70. The number of anilines is 1. The summed E-state index contributed by atoms with van der Waals surface area (Å²) in [4.78, 5) is 14.4. The summed E-state index contributed by atoms with van der Waals surface area (Å²) >= 11 is 1.74. The minimum Gasteiger partial charge on any atom is -0.490 e. The number of thiophene rings is 1. The Morgan fingerprint density at radius 3 is 2.72 bits per heavy atom. The second-order valence-corrected chi connectivity index (χ2v) is 9.63. The monoisotopic (exact) mass is 448 g/mol. The molecule has 5 nitrogen and oxygen atoms in total. The Balaban J connectivity index is 1.38. The van der Waals surface area contributed by atoms with Crippen molar-refractivity contribution in [3.63, 3.8) is 0 Å². The Kier molecular flexibility index (Phi) is 5.79. The van der Waals surface area contributed by atoms with E-state index in [4.69, 9.17) is 9.47 Å². The van der Waals surface area contributed by atoms with E-state index in [0.717, 1.165) is 41.0 Å². The van der Waals surface area contributed by atoms with E-state index in [1.54, 1.807) is 11.3 Å². The van der Waals surface area contributed by atoms with E-state index < -0.39 is 0 Å². The molecule has 6 heteroatoms. The van der Waals surface area contributed by atoms with Gasteiger partial charge in [-0.1, -0.05) is 43.3 Å². The number of hydrogen-bond donors (Lipinski definition) is 2. The topological polar surface area (TPSA) is 59.6 Å². The molecule has 1 aliphatic carbocycles. The Hall–Kier alpha value is -2.99. The largest absolute Gasteiger partial charge is 0.490 e. The fourth-order valence-corrected chi connectivity index (χ4v) is 5.89. The van der Waals surface area contributed by atoms with Crippen molar-refractivity contribution in [3.8, 4) is 11.5 Å². The minimum atomic E-state index is -0.296. The second kappa shape index (κ2) is 8.87. The fourth-order valence-electron chi connectivity index (χ4n) is 4.46. The zero-order chi connectivity index (χ0) is 22.1. The quantitative estimate of drug-likeness (QED) is 0.507. The zero-order valence-electron chi connectivity index (χ0n) is 18.4. The van der Waals surface area contributed by atoms with Crippen LogP contribution >= 0.6 is 11.3 Å². The van der Waals surface area contributed by atoms with Gasteiger partial charge in [0.25, 0.3) is 5.91 Å². The van der Waals surface area contributed by atoms with E-state index in [2.05, 4.69) is 17.6 Å². The molecule has 2 N–H and O–H groups in total. The lowest BCUT2D eigenvalue weighted by molar-refractivity contribution is 0.0935. The van der Waals surface area contributed by atoms with Crippen molar-refractivity contribution in [1.29, 1.82) is 0 Å². The summed E-state index contributed by atoms with van der Waals surface area (Å²) in [7, 11) is 0. The second-order valence-electron chi connectivity index (χ2n) is 8.52. The molecule has 2 unspecified atom stereocenters. The van der Waals surface area contributed by atoms with Crippen molar-refractivity contribution < 1.29 is 14.3 Å². The highest BCUT2D eigenvalue weighted by molar-refractivity contribution is 7.16. The van der Waals surface area contributed by atoms with Gasteiger partial charge in [-0.2, -0.15) is 0 Å². The summed E-state index contributed by atoms with van der Waals surface area (Å²) in [5, 5.41) is 7.68. The summed E-state index contributed by atoms with van der Waals surface area (Å²) < 4.78 is 11.9. The Labute approximate surface area is 192 Å². The number of ether oxygens (including phenoxy) is 2. The van der Waals surface area contributed by atoms with Gasteiger partial charge in [0.1, 0.15) is 17.8 Å². The van der Waals surface area contributed by atoms with E-state index in [9.17, 15) is 4.79 Å². The summed E-state index contributed by atoms with van der Waals surface area (Å²) in [5.41, 5.74) is 4.13. The van der Waals surface area contributed by atoms with Crippen molar-refractivity contribution in [2.45, 2.75) is 45.9 Å². The lowest BCUT2D eigenvalue weighted by atomic mass is 9.88. The molecule has 0 saturated heterocycles. The maximum absolute atomic E-state index is 13.0. The number of amides is 1. The SMILES string of the molecule is CCOc1cc(C2NC(=O)c3c(sc4c3CCC(C)C4)N2)ccc1OCc1ccccc1. The molecule has 32 heavy (non-hydrogen) atoms. The van der Waals surface area contributed by atoms with Crippen LogP contribution in [0.2, 0.25) is 0 Å². The first-order valence-electron chi connectivity index (χ1n) is 11.3. The van der Waals surface area contributed by atoms with E-state index in [-0.39, 0.29) is 12.1 Å². The highest BCUT2D eigenvalue weighted by Crippen LogP contribution is 2.43. The van der Waals surface area contributed by atoms with E-state index >= 15 is 0 Å². The molecule has 2 aromatic carbocycles. The normalized spacial score (nSPS) is 19.4. The van der Waals surface area contributed by atoms with Crippen molar-refractivity contribution in [2.24, 2.45) is 5.92 Å². The first-order valence-corrected chi connectivity index (χ1v) is 12.1. The highest BCUT2D eigenvalue weighted by atomic mass is 32.1. The average Bonchev–Trinajstić information content (AvgIpc) is 3.17. The summed E-state index contributed by atoms with van der Waals surface area (Å²) in [6.07, 6.45) is 2.91. The van der Waals surface area contributed by atoms with Crippen LogP contribution in [-0.4, -0.2) is 12.5 Å². The van der Waals surface area contributed by atoms with Gasteiger partial charge in [-0.3, -0.25) is 4.79 Å². The van der Waals surface area contributed by atoms with Crippen LogP contribution in [0.15, 0.2) is 48.5 Å². The average molecular weight is 449 g/mol. The van der Waals surface area contributed by atoms with Gasteiger partial charge in [-0.15, -0.1) is 11.3 Å². The number of benzene rings is 2. The smallest absolute Gasteiger partial charge is 0.256 e. The van der Waals surface area contributed by atoms with Crippen molar-refractivity contribution >= 4 is 22.2 Å². The third-order valence-corrected chi connectivity index (χ3v) is 7.31. The van der Waals surface area contributed by atoms with E-state index in [1.165, 1.54) is 10.4 Å². The zero-order valence-corrected chi connectivity index (χ0v) is 19.3. The molecule has 3 aromatic rings. The number of rotatable bonds is 6. The lowest BCUT2D eigenvalue weighted by Gasteiger charge is -2.27. The number of hydrogen-bond acceptors (Lipinski definition) is 5. The first kappa shape index (κ1) is 20.9. The predicted molar refractivity (Wildman–Crippen MR) is 128 cm³/mol. The lowest BCUT2D eigenvalue weighted by Crippen LogP contribution is -2.38. The minimum absolute atomic E-state index is 0.0122. The van der Waals surface area contributed by atoms with Gasteiger partial charge in [0.15, 0.2) is 11.5 Å². The van der Waals surface area contributed by atoms with Gasteiger partial charge in [0.2, 0.25) is 0 Å². The highest BCUT2D eigenvalue weighted by Gasteiger charge is 2.33. The van der Waals surface area contributed by atoms with E-state index in [1.807, 2.05) is 55.5 Å². The van der Waals surface area contributed by atoms with Crippen molar-refractivity contribution in [1.82, 2.24) is 5.32 Å². The van der Waals surface area contributed by atoms with Gasteiger partial charge in [0.05, 0.1) is 12.2 Å². The van der Waals surface area contributed by atoms with Crippen LogP contribution in [0.3, 0.4) is 0 Å². The van der Waals surface area contributed by atoms with Crippen LogP contribution in [-0.2, 0) is 19.4 Å². The van der Waals surface area contributed by atoms with Crippen LogP contribution in [0.1, 0.15) is 58.4 Å². The maximum Gasteiger partial charge on any atom is 0.256 e. The third kappa shape index (κ3) is 4.07. The van der Waals surface area contributed by atoms with Crippen LogP contribution in [0.25, 0.3) is 0 Å². The van der Waals surface area contributed by atoms with Gasteiger partial charge >= 0.3 is 0 Å². The maximum atomic E-state index is 13.0. The third-order valence-electron chi connectivity index (χ3n) is 6.13. The number of carbonyl (C=O) groups is 1. The molecular formula is C26H28N2O3S. The molecule has 1 amide bonds. The van der Waals surface area contributed by atoms with Gasteiger partial charge in [-0.25, -0.2) is 0 Å². The van der Waals surface area contributed by atoms with Gasteiger partial charge < -0.3 is 20.1 Å². The molecule has 2 aliphatic rings. The Morgan fingerprint density at radius 2 is 1.91 bits per heavy atom. The molecule has 0 fully saturated rings. The van der Waals surface area contributed by atoms with Crippen LogP contribution in [0, 0.1) is 5.92 Å². The fraction of sp³-hybridized carbons (Fsp3) is 0.346. The number of fused-ring (bicyclic) bond motifs is 3. The molecule has 1 aliphatic heterocycles. The molecule has 0 spiro atoms. The van der Waals surface area contributed by atoms with Crippen molar-refractivity contribution in [2.75, 3.05) is 11.9 Å². The van der Waals surface area contributed by atoms with Gasteiger partial charge in [-0.05, 0) is 60.9 Å². The molecule has 2 heterocycles. The van der Waals surface area contributed by atoms with Crippen LogP contribution in [0.4, 0.5) is 5.00 Å². The summed E-state index contributed by atoms with van der Waals surface area (Å²) in [5.74, 6) is 2.07. The summed E-state index contributed by atoms with van der Waals surface area (Å²) in [6.45, 7) is 5.25. The number of nitrogens with one attached hydrogen (secondary N) is 2. The molecule has 0 saturated carbocycles. The Morgan fingerprint density at radius 1 is 1.06 bits per heavy atom. The Bertz CT molecular complexity index is 1130. The molecular weight excluding hydrogens is 420 g/mol. The molecule has 0 bridgehead atoms. The molecule has 1 aromatic heterocycles. The molecule has 166 valence electrons. The van der Waals surface area contributed by atoms with Crippen molar-refractivity contribution in [3.05, 3.63) is 75.7 Å². The first-order chi connectivity index (χ1) is 15.6. The standard InChI is InChI=1S/C26H28N2O3S/c1-3-30-21-14-18(10-12-20(21)31-15-17-7-5-4-6-8-17)24-27-25(29)23-19-11-9-16(2)13-22(19)32-26(23)28-24/h4-8,10,12,14,16,24,28H,3,9,11,13,15H2,1-2H3,(H,27,29). The number of carbonyl (C=O) groups excluding carboxylic acids is 1. The van der Waals surface area contributed by atoms with Crippen LogP contribution in [0.5, 0.6) is 11.5 Å². The summed E-state index contributed by atoms with van der Waals surface area (Å²) in [6, 6.07) is 15.9. The van der Waals surface area contributed by atoms with Crippen LogP contribution < -0.4 is 20.1 Å². The molecule has 2 atom stereocenters. The molecule has 5 rings (SSSR count).